The van der Waals surface area contributed by atoms with Crippen molar-refractivity contribution in [3.05, 3.63) is 40.8 Å². The summed E-state index contributed by atoms with van der Waals surface area (Å²) in [4.78, 5) is 14.2. The highest BCUT2D eigenvalue weighted by Gasteiger charge is 2.16. The van der Waals surface area contributed by atoms with Crippen molar-refractivity contribution in [3.8, 4) is 10.4 Å². The van der Waals surface area contributed by atoms with Crippen molar-refractivity contribution in [2.24, 2.45) is 0 Å². The van der Waals surface area contributed by atoms with E-state index in [1.54, 1.807) is 11.3 Å². The van der Waals surface area contributed by atoms with Gasteiger partial charge < -0.3 is 9.84 Å². The van der Waals surface area contributed by atoms with Crippen LogP contribution < -0.4 is 5.32 Å². The van der Waals surface area contributed by atoms with Crippen LogP contribution in [0, 0.1) is 0 Å². The normalized spacial score (nSPS) is 12.2. The molecule has 1 aromatic carbocycles. The smallest absolute Gasteiger partial charge is 0.320 e. The van der Waals surface area contributed by atoms with Gasteiger partial charge in [-0.05, 0) is 44.4 Å². The molecule has 2 rings (SSSR count). The van der Waals surface area contributed by atoms with Gasteiger partial charge in [0.2, 0.25) is 0 Å². The van der Waals surface area contributed by atoms with Crippen LogP contribution in [0.25, 0.3) is 10.4 Å². The molecule has 1 aromatic heterocycles. The van der Waals surface area contributed by atoms with Gasteiger partial charge in [-0.2, -0.15) is 0 Å². The van der Waals surface area contributed by atoms with E-state index in [0.29, 0.717) is 19.6 Å². The fraction of sp³-hybridized carbons (Fsp3) is 0.500. The van der Waals surface area contributed by atoms with E-state index in [-0.39, 0.29) is 5.60 Å². The standard InChI is InChI=1S/C20H27NO3S2.C2H6/c1-5-15(19(22)23)21-11-18-16(25)10-17(26-18)14-8-6-13(7-9-14)12-24-20(2,3)4;1-2/h6-10,15,21,25H,5,11-12H2,1-4H3,(H,22,23);1-2H3. The number of benzene rings is 1. The van der Waals surface area contributed by atoms with E-state index in [4.69, 9.17) is 9.84 Å². The highest BCUT2D eigenvalue weighted by atomic mass is 32.1. The Morgan fingerprint density at radius 3 is 2.36 bits per heavy atom. The molecule has 1 atom stereocenters. The van der Waals surface area contributed by atoms with Crippen LogP contribution in [0.15, 0.2) is 35.2 Å². The first-order valence-corrected chi connectivity index (χ1v) is 11.0. The molecule has 0 aliphatic carbocycles. The first kappa shape index (κ1) is 24.7. The molecule has 4 nitrogen and oxygen atoms in total. The van der Waals surface area contributed by atoms with Gasteiger partial charge in [-0.25, -0.2) is 0 Å². The van der Waals surface area contributed by atoms with Crippen LogP contribution in [0.5, 0.6) is 0 Å². The Bertz CT molecular complexity index is 733. The number of thiophene rings is 1. The third kappa shape index (κ3) is 7.95. The van der Waals surface area contributed by atoms with Gasteiger partial charge in [0.25, 0.3) is 0 Å². The van der Waals surface area contributed by atoms with Gasteiger partial charge in [-0.1, -0.05) is 45.0 Å². The number of aliphatic carboxylic acids is 1. The molecule has 0 spiro atoms. The quantitative estimate of drug-likeness (QED) is 0.456. The summed E-state index contributed by atoms with van der Waals surface area (Å²) in [6, 6.07) is 9.83. The first-order chi connectivity index (χ1) is 13.2. The second-order valence-corrected chi connectivity index (χ2v) is 8.82. The molecule has 6 heteroatoms. The van der Waals surface area contributed by atoms with E-state index in [1.165, 1.54) is 0 Å². The number of thiol groups is 1. The van der Waals surface area contributed by atoms with Crippen LogP contribution in [0.4, 0.5) is 0 Å². The highest BCUT2D eigenvalue weighted by Crippen LogP contribution is 2.33. The highest BCUT2D eigenvalue weighted by molar-refractivity contribution is 7.80. The third-order valence-electron chi connectivity index (χ3n) is 3.91. The van der Waals surface area contributed by atoms with Crippen molar-refractivity contribution in [1.82, 2.24) is 5.32 Å². The van der Waals surface area contributed by atoms with E-state index in [0.717, 1.165) is 25.8 Å². The Hall–Kier alpha value is -1.34. The third-order valence-corrected chi connectivity index (χ3v) is 5.65. The second-order valence-electron chi connectivity index (χ2n) is 7.20. The number of carbonyl (C=O) groups is 1. The van der Waals surface area contributed by atoms with Gasteiger partial charge in [0, 0.05) is 21.2 Å². The lowest BCUT2D eigenvalue weighted by atomic mass is 10.1. The number of hydrogen-bond acceptors (Lipinski definition) is 5. The van der Waals surface area contributed by atoms with Crippen molar-refractivity contribution in [2.75, 3.05) is 0 Å². The zero-order valence-electron chi connectivity index (χ0n) is 17.7. The first-order valence-electron chi connectivity index (χ1n) is 9.70. The van der Waals surface area contributed by atoms with E-state index >= 15 is 0 Å². The summed E-state index contributed by atoms with van der Waals surface area (Å²) in [5.41, 5.74) is 2.11. The Balaban J connectivity index is 0.00000190. The van der Waals surface area contributed by atoms with E-state index in [9.17, 15) is 4.79 Å². The summed E-state index contributed by atoms with van der Waals surface area (Å²) < 4.78 is 5.80. The maximum absolute atomic E-state index is 11.1. The van der Waals surface area contributed by atoms with Crippen molar-refractivity contribution >= 4 is 29.9 Å². The Kier molecular flexibility index (Phi) is 10.2. The number of carboxylic acids is 1. The van der Waals surface area contributed by atoms with Crippen molar-refractivity contribution < 1.29 is 14.6 Å². The fourth-order valence-electron chi connectivity index (χ4n) is 2.38. The van der Waals surface area contributed by atoms with Crippen molar-refractivity contribution in [2.45, 2.75) is 77.7 Å². The molecular weight excluding hydrogens is 390 g/mol. The second kappa shape index (κ2) is 11.6. The van der Waals surface area contributed by atoms with Crippen LogP contribution in [0.1, 0.15) is 58.4 Å². The topological polar surface area (TPSA) is 58.6 Å². The predicted molar refractivity (Wildman–Crippen MR) is 121 cm³/mol. The molecule has 1 heterocycles. The minimum Gasteiger partial charge on any atom is -0.480 e. The number of hydrogen-bond donors (Lipinski definition) is 3. The predicted octanol–water partition coefficient (Wildman–Crippen LogP) is 6.00. The van der Waals surface area contributed by atoms with Crippen LogP contribution in [-0.2, 0) is 22.7 Å². The lowest BCUT2D eigenvalue weighted by molar-refractivity contribution is -0.139. The molecule has 0 aliphatic heterocycles. The minimum absolute atomic E-state index is 0.151. The van der Waals surface area contributed by atoms with Gasteiger partial charge in [0.05, 0.1) is 12.2 Å². The average Bonchev–Trinajstić information content (AvgIpc) is 3.02. The summed E-state index contributed by atoms with van der Waals surface area (Å²) in [5, 5.41) is 12.2. The molecule has 0 saturated carbocycles. The lowest BCUT2D eigenvalue weighted by Crippen LogP contribution is -2.35. The molecule has 0 aliphatic rings. The summed E-state index contributed by atoms with van der Waals surface area (Å²) in [6.45, 7) is 13.1. The molecule has 1 unspecified atom stereocenters. The molecule has 2 N–H and O–H groups in total. The number of nitrogens with one attached hydrogen (secondary N) is 1. The molecule has 156 valence electrons. The number of carboxylic acid groups (broad SMARTS) is 1. The van der Waals surface area contributed by atoms with Gasteiger partial charge >= 0.3 is 5.97 Å². The average molecular weight is 424 g/mol. The summed E-state index contributed by atoms with van der Waals surface area (Å²) in [5.74, 6) is -0.821. The summed E-state index contributed by atoms with van der Waals surface area (Å²) in [6.07, 6.45) is 0.549. The fourth-order valence-corrected chi connectivity index (χ4v) is 3.82. The van der Waals surface area contributed by atoms with Crippen LogP contribution in [-0.4, -0.2) is 22.7 Å². The summed E-state index contributed by atoms with van der Waals surface area (Å²) in [7, 11) is 0. The maximum Gasteiger partial charge on any atom is 0.320 e. The van der Waals surface area contributed by atoms with Crippen LogP contribution >= 0.6 is 24.0 Å². The molecule has 28 heavy (non-hydrogen) atoms. The van der Waals surface area contributed by atoms with Crippen molar-refractivity contribution in [3.63, 3.8) is 0 Å². The van der Waals surface area contributed by atoms with E-state index in [2.05, 4.69) is 42.2 Å². The van der Waals surface area contributed by atoms with E-state index < -0.39 is 12.0 Å². The zero-order valence-corrected chi connectivity index (χ0v) is 19.4. The zero-order chi connectivity index (χ0) is 21.3. The molecule has 2 aromatic rings. The molecule has 0 bridgehead atoms. The number of rotatable bonds is 8. The van der Waals surface area contributed by atoms with Gasteiger partial charge in [-0.3, -0.25) is 10.1 Å². The molecule has 0 amide bonds. The van der Waals surface area contributed by atoms with Gasteiger partial charge in [-0.15, -0.1) is 24.0 Å². The molecule has 0 radical (unpaired) electrons. The monoisotopic (exact) mass is 423 g/mol. The molecule has 0 saturated heterocycles. The van der Waals surface area contributed by atoms with Crippen LogP contribution in [0.2, 0.25) is 0 Å². The van der Waals surface area contributed by atoms with Crippen LogP contribution in [0.3, 0.4) is 0 Å². The number of ether oxygens (including phenoxy) is 1. The lowest BCUT2D eigenvalue weighted by Gasteiger charge is -2.19. The maximum atomic E-state index is 11.1. The minimum atomic E-state index is -0.821. The Labute approximate surface area is 178 Å². The Morgan fingerprint density at radius 1 is 1.25 bits per heavy atom. The summed E-state index contributed by atoms with van der Waals surface area (Å²) >= 11 is 6.18. The Morgan fingerprint density at radius 2 is 1.86 bits per heavy atom. The SMILES string of the molecule is CC.CCC(NCc1sc(-c2ccc(COC(C)(C)C)cc2)cc1S)C(=O)O. The van der Waals surface area contributed by atoms with Crippen molar-refractivity contribution in [1.29, 1.82) is 0 Å². The van der Waals surface area contributed by atoms with E-state index in [1.807, 2.05) is 47.6 Å². The molecular formula is C22H33NO3S2. The van der Waals surface area contributed by atoms with Gasteiger partial charge in [0.1, 0.15) is 6.04 Å². The largest absolute Gasteiger partial charge is 0.480 e. The van der Waals surface area contributed by atoms with Gasteiger partial charge in [0.15, 0.2) is 0 Å². The molecule has 0 fully saturated rings.